The van der Waals surface area contributed by atoms with E-state index in [4.69, 9.17) is 4.74 Å². The topological polar surface area (TPSA) is 74.8 Å². The molecule has 0 spiro atoms. The molecule has 1 atom stereocenters. The molecule has 1 aliphatic rings. The first-order valence-electron chi connectivity index (χ1n) is 8.62. The lowest BCUT2D eigenvalue weighted by Crippen LogP contribution is -2.42. The van der Waals surface area contributed by atoms with Crippen LogP contribution < -0.4 is 16.0 Å². The summed E-state index contributed by atoms with van der Waals surface area (Å²) in [5.41, 5.74) is 1.11. The molecule has 132 valence electrons. The second-order valence-electron chi connectivity index (χ2n) is 5.85. The van der Waals surface area contributed by atoms with Crippen LogP contribution in [0.1, 0.15) is 31.4 Å². The van der Waals surface area contributed by atoms with E-state index in [0.29, 0.717) is 19.6 Å². The monoisotopic (exact) mass is 332 g/mol. The Hall–Kier alpha value is -2.08. The fourth-order valence-corrected chi connectivity index (χ4v) is 2.36. The van der Waals surface area contributed by atoms with Crippen LogP contribution in [0.5, 0.6) is 0 Å². The van der Waals surface area contributed by atoms with Crippen LogP contribution in [0, 0.1) is 5.92 Å². The molecule has 0 heterocycles. The van der Waals surface area contributed by atoms with E-state index >= 15 is 0 Å². The number of aliphatic imine (C=N–C) groups is 1. The van der Waals surface area contributed by atoms with Gasteiger partial charge < -0.3 is 20.7 Å². The predicted molar refractivity (Wildman–Crippen MR) is 95.9 cm³/mol. The van der Waals surface area contributed by atoms with Crippen LogP contribution in [0.25, 0.3) is 0 Å². The normalized spacial score (nSPS) is 15.7. The number of hydrogen-bond donors (Lipinski definition) is 3. The SMILES string of the molecule is CCNC(=NCC(OC)c1ccccc1)NCCNC(=O)C1CC1. The maximum absolute atomic E-state index is 11.6. The summed E-state index contributed by atoms with van der Waals surface area (Å²) in [6.07, 6.45) is 1.99. The molecule has 1 unspecified atom stereocenters. The molecule has 1 amide bonds. The summed E-state index contributed by atoms with van der Waals surface area (Å²) >= 11 is 0. The number of carbonyl (C=O) groups excluding carboxylic acids is 1. The Bertz CT molecular complexity index is 529. The highest BCUT2D eigenvalue weighted by Crippen LogP contribution is 2.28. The minimum Gasteiger partial charge on any atom is -0.375 e. The van der Waals surface area contributed by atoms with Gasteiger partial charge in [0, 0.05) is 32.7 Å². The van der Waals surface area contributed by atoms with Crippen molar-refractivity contribution in [3.63, 3.8) is 0 Å². The van der Waals surface area contributed by atoms with Crippen LogP contribution in [0.4, 0.5) is 0 Å². The molecular formula is C18H28N4O2. The van der Waals surface area contributed by atoms with Crippen LogP contribution in [0.2, 0.25) is 0 Å². The fraction of sp³-hybridized carbons (Fsp3) is 0.556. The van der Waals surface area contributed by atoms with Crippen molar-refractivity contribution >= 4 is 11.9 Å². The number of methoxy groups -OCH3 is 1. The smallest absolute Gasteiger partial charge is 0.223 e. The third-order valence-corrected chi connectivity index (χ3v) is 3.88. The van der Waals surface area contributed by atoms with Crippen LogP contribution >= 0.6 is 0 Å². The molecule has 1 aromatic rings. The molecular weight excluding hydrogens is 304 g/mol. The highest BCUT2D eigenvalue weighted by Gasteiger charge is 2.28. The minimum absolute atomic E-state index is 0.0729. The van der Waals surface area contributed by atoms with Crippen LogP contribution in [-0.2, 0) is 9.53 Å². The molecule has 1 saturated carbocycles. The summed E-state index contributed by atoms with van der Waals surface area (Å²) in [5, 5.41) is 9.38. The van der Waals surface area contributed by atoms with Crippen molar-refractivity contribution in [3.8, 4) is 0 Å². The number of amides is 1. The number of ether oxygens (including phenoxy) is 1. The summed E-state index contributed by atoms with van der Waals surface area (Å²) in [4.78, 5) is 16.2. The molecule has 1 fully saturated rings. The molecule has 1 aliphatic carbocycles. The number of carbonyl (C=O) groups is 1. The van der Waals surface area contributed by atoms with Crippen molar-refractivity contribution in [2.75, 3.05) is 33.3 Å². The van der Waals surface area contributed by atoms with Gasteiger partial charge in [-0.25, -0.2) is 0 Å². The molecule has 0 saturated heterocycles. The Morgan fingerprint density at radius 2 is 1.92 bits per heavy atom. The molecule has 6 heteroatoms. The molecule has 1 aromatic carbocycles. The number of nitrogens with zero attached hydrogens (tertiary/aromatic N) is 1. The van der Waals surface area contributed by atoms with Crippen LogP contribution in [0.3, 0.4) is 0 Å². The third-order valence-electron chi connectivity index (χ3n) is 3.88. The lowest BCUT2D eigenvalue weighted by Gasteiger charge is -2.16. The highest BCUT2D eigenvalue weighted by molar-refractivity contribution is 5.81. The number of rotatable bonds is 9. The lowest BCUT2D eigenvalue weighted by atomic mass is 10.1. The quantitative estimate of drug-likeness (QED) is 0.364. The molecule has 0 aliphatic heterocycles. The summed E-state index contributed by atoms with van der Waals surface area (Å²) in [6, 6.07) is 10.1. The maximum Gasteiger partial charge on any atom is 0.223 e. The number of nitrogens with one attached hydrogen (secondary N) is 3. The number of guanidine groups is 1. The Morgan fingerprint density at radius 3 is 2.54 bits per heavy atom. The zero-order valence-electron chi connectivity index (χ0n) is 14.5. The second kappa shape index (κ2) is 9.93. The number of benzene rings is 1. The van der Waals surface area contributed by atoms with Gasteiger partial charge in [0.25, 0.3) is 0 Å². The van der Waals surface area contributed by atoms with Gasteiger partial charge in [-0.1, -0.05) is 30.3 Å². The first kappa shape index (κ1) is 18.3. The zero-order valence-corrected chi connectivity index (χ0v) is 14.5. The Kier molecular flexibility index (Phi) is 7.55. The van der Waals surface area contributed by atoms with Crippen molar-refractivity contribution in [2.45, 2.75) is 25.9 Å². The van der Waals surface area contributed by atoms with E-state index in [9.17, 15) is 4.79 Å². The summed E-state index contributed by atoms with van der Waals surface area (Å²) in [7, 11) is 1.70. The molecule has 0 aromatic heterocycles. The molecule has 2 rings (SSSR count). The van der Waals surface area contributed by atoms with Crippen molar-refractivity contribution in [3.05, 3.63) is 35.9 Å². The standard InChI is InChI=1S/C18H28N4O2/c1-3-19-18(21-12-11-20-17(23)15-9-10-15)22-13-16(24-2)14-7-5-4-6-8-14/h4-8,15-16H,3,9-13H2,1-2H3,(H,20,23)(H2,19,21,22). The van der Waals surface area contributed by atoms with E-state index in [1.165, 1.54) is 0 Å². The highest BCUT2D eigenvalue weighted by atomic mass is 16.5. The van der Waals surface area contributed by atoms with Gasteiger partial charge in [-0.15, -0.1) is 0 Å². The van der Waals surface area contributed by atoms with Crippen molar-refractivity contribution in [1.82, 2.24) is 16.0 Å². The molecule has 24 heavy (non-hydrogen) atoms. The van der Waals surface area contributed by atoms with Crippen LogP contribution in [0.15, 0.2) is 35.3 Å². The summed E-state index contributed by atoms with van der Waals surface area (Å²) in [6.45, 7) is 4.59. The predicted octanol–water partition coefficient (Wildman–Crippen LogP) is 1.46. The number of hydrogen-bond acceptors (Lipinski definition) is 3. The van der Waals surface area contributed by atoms with Gasteiger partial charge >= 0.3 is 0 Å². The van der Waals surface area contributed by atoms with E-state index in [2.05, 4.69) is 20.9 Å². The van der Waals surface area contributed by atoms with Gasteiger partial charge in [0.1, 0.15) is 6.10 Å². The van der Waals surface area contributed by atoms with Crippen molar-refractivity contribution < 1.29 is 9.53 Å². The average Bonchev–Trinajstić information content (AvgIpc) is 3.45. The largest absolute Gasteiger partial charge is 0.375 e. The van der Waals surface area contributed by atoms with E-state index in [0.717, 1.165) is 30.9 Å². The third kappa shape index (κ3) is 6.20. The van der Waals surface area contributed by atoms with Gasteiger partial charge in [0.15, 0.2) is 5.96 Å². The van der Waals surface area contributed by atoms with E-state index in [1.807, 2.05) is 37.3 Å². The second-order valence-corrected chi connectivity index (χ2v) is 5.85. The fourth-order valence-electron chi connectivity index (χ4n) is 2.36. The molecule has 0 radical (unpaired) electrons. The first-order chi connectivity index (χ1) is 11.7. The minimum atomic E-state index is -0.0729. The Morgan fingerprint density at radius 1 is 1.21 bits per heavy atom. The summed E-state index contributed by atoms with van der Waals surface area (Å²) < 4.78 is 5.54. The average molecular weight is 332 g/mol. The maximum atomic E-state index is 11.6. The van der Waals surface area contributed by atoms with Gasteiger partial charge in [-0.05, 0) is 25.3 Å². The van der Waals surface area contributed by atoms with Gasteiger partial charge in [-0.2, -0.15) is 0 Å². The lowest BCUT2D eigenvalue weighted by molar-refractivity contribution is -0.122. The van der Waals surface area contributed by atoms with Gasteiger partial charge in [0.05, 0.1) is 6.54 Å². The van der Waals surface area contributed by atoms with Crippen molar-refractivity contribution in [2.24, 2.45) is 10.9 Å². The first-order valence-corrected chi connectivity index (χ1v) is 8.62. The van der Waals surface area contributed by atoms with Gasteiger partial charge in [0.2, 0.25) is 5.91 Å². The van der Waals surface area contributed by atoms with E-state index < -0.39 is 0 Å². The van der Waals surface area contributed by atoms with E-state index in [1.54, 1.807) is 7.11 Å². The molecule has 0 bridgehead atoms. The Labute approximate surface area is 144 Å². The van der Waals surface area contributed by atoms with Crippen LogP contribution in [-0.4, -0.2) is 45.2 Å². The Balaban J connectivity index is 1.79. The van der Waals surface area contributed by atoms with Crippen molar-refractivity contribution in [1.29, 1.82) is 0 Å². The van der Waals surface area contributed by atoms with Gasteiger partial charge in [-0.3, -0.25) is 9.79 Å². The molecule has 3 N–H and O–H groups in total. The molecule has 6 nitrogen and oxygen atoms in total. The zero-order chi connectivity index (χ0) is 17.2. The summed E-state index contributed by atoms with van der Waals surface area (Å²) in [5.74, 6) is 1.15. The van der Waals surface area contributed by atoms with E-state index in [-0.39, 0.29) is 17.9 Å².